The van der Waals surface area contributed by atoms with Gasteiger partial charge in [-0.05, 0) is 87.1 Å². The topological polar surface area (TPSA) is 80.4 Å². The van der Waals surface area contributed by atoms with Crippen LogP contribution in [-0.2, 0) is 10.2 Å². The number of hydrogen-bond donors (Lipinski definition) is 1. The zero-order chi connectivity index (χ0) is 43.7. The van der Waals surface area contributed by atoms with E-state index in [1.54, 1.807) is 19.1 Å². The number of nitrogens with zero attached hydrogens (tertiary/aromatic N) is 1. The predicted molar refractivity (Wildman–Crippen MR) is 239 cm³/mol. The lowest BCUT2D eigenvalue weighted by atomic mass is 9.86. The summed E-state index contributed by atoms with van der Waals surface area (Å²) < 4.78 is 19.9. The molecule has 0 bridgehead atoms. The van der Waals surface area contributed by atoms with Crippen LogP contribution in [0.4, 0.5) is 4.39 Å². The van der Waals surface area contributed by atoms with Crippen LogP contribution in [0.5, 0.6) is 0 Å². The van der Waals surface area contributed by atoms with E-state index in [-0.39, 0.29) is 29.4 Å². The number of pyridine rings is 1. The second-order valence-corrected chi connectivity index (χ2v) is 16.4. The number of allylic oxidation sites excluding steroid dienone is 5. The lowest BCUT2D eigenvalue weighted by molar-refractivity contribution is -0.122. The molecule has 55 heavy (non-hydrogen) atoms. The molecular formula is C49H80FNO4. The predicted octanol–water partition coefficient (Wildman–Crippen LogP) is 16.1. The molecule has 312 valence electrons. The van der Waals surface area contributed by atoms with Crippen LogP contribution in [0, 0.1) is 24.1 Å². The van der Waals surface area contributed by atoms with Crippen LogP contribution in [0.2, 0.25) is 0 Å². The van der Waals surface area contributed by atoms with Gasteiger partial charge in [-0.1, -0.05) is 159 Å². The Hall–Kier alpha value is -3.80. The third-order valence-corrected chi connectivity index (χ3v) is 8.36. The summed E-state index contributed by atoms with van der Waals surface area (Å²) in [5.74, 6) is -0.144. The van der Waals surface area contributed by atoms with Crippen LogP contribution in [0.15, 0.2) is 69.7 Å². The molecule has 0 aliphatic rings. The van der Waals surface area contributed by atoms with E-state index in [9.17, 15) is 9.18 Å². The molecule has 2 heterocycles. The first-order valence-corrected chi connectivity index (χ1v) is 20.3. The fraction of sp³-hybridized carbons (Fsp3) is 0.571. The molecule has 0 radical (unpaired) electrons. The van der Waals surface area contributed by atoms with Gasteiger partial charge in [0.15, 0.2) is 11.3 Å². The SMILES string of the molecule is C=C(C)/C(C)=C(C)\C=C(\C)CCC.CC.CCCC.CCCC(C)(C)C.Cc1ccc(-c2cc(C(C)(C)C)c3oc(C(=O)C(C)C)cc3n2)cc1F.O=CO. The van der Waals surface area contributed by atoms with Crippen LogP contribution in [0.3, 0.4) is 0 Å². The summed E-state index contributed by atoms with van der Waals surface area (Å²) in [6.45, 7) is 43.5. The average molecular weight is 766 g/mol. The van der Waals surface area contributed by atoms with E-state index in [0.717, 1.165) is 11.1 Å². The van der Waals surface area contributed by atoms with Gasteiger partial charge in [0, 0.05) is 23.1 Å². The van der Waals surface area contributed by atoms with Gasteiger partial charge in [0.1, 0.15) is 11.3 Å². The lowest BCUT2D eigenvalue weighted by Gasteiger charge is -2.20. The van der Waals surface area contributed by atoms with E-state index >= 15 is 0 Å². The van der Waals surface area contributed by atoms with Gasteiger partial charge in [0.2, 0.25) is 5.78 Å². The van der Waals surface area contributed by atoms with Crippen LogP contribution < -0.4 is 0 Å². The first kappa shape index (κ1) is 55.5. The van der Waals surface area contributed by atoms with Crippen molar-refractivity contribution in [3.63, 3.8) is 0 Å². The molecule has 0 spiro atoms. The summed E-state index contributed by atoms with van der Waals surface area (Å²) in [6.07, 6.45) is 9.98. The number of unbranched alkanes of at least 4 members (excludes halogenated alkanes) is 1. The van der Waals surface area contributed by atoms with E-state index in [4.69, 9.17) is 14.3 Å². The molecule has 1 aromatic carbocycles. The normalized spacial score (nSPS) is 11.5. The van der Waals surface area contributed by atoms with Crippen LogP contribution >= 0.6 is 0 Å². The number of furan rings is 1. The van der Waals surface area contributed by atoms with Crippen molar-refractivity contribution in [3.8, 4) is 11.3 Å². The molecule has 0 unspecified atom stereocenters. The van der Waals surface area contributed by atoms with Crippen molar-refractivity contribution in [1.29, 1.82) is 0 Å². The molecule has 0 saturated heterocycles. The maximum atomic E-state index is 14.0. The van der Waals surface area contributed by atoms with Crippen molar-refractivity contribution >= 4 is 23.4 Å². The van der Waals surface area contributed by atoms with Crippen molar-refractivity contribution in [1.82, 2.24) is 4.98 Å². The Morgan fingerprint density at radius 2 is 1.44 bits per heavy atom. The highest BCUT2D eigenvalue weighted by Gasteiger charge is 2.25. The molecule has 3 rings (SSSR count). The fourth-order valence-corrected chi connectivity index (χ4v) is 4.92. The molecule has 0 fully saturated rings. The third kappa shape index (κ3) is 23.0. The van der Waals surface area contributed by atoms with E-state index in [1.807, 2.05) is 39.8 Å². The number of aromatic nitrogens is 1. The zero-order valence-electron chi connectivity index (χ0n) is 38.6. The van der Waals surface area contributed by atoms with Gasteiger partial charge < -0.3 is 9.52 Å². The number of carboxylic acid groups (broad SMARTS) is 1. The molecule has 3 aromatic rings. The number of fused-ring (bicyclic) bond motifs is 1. The molecular weight excluding hydrogens is 686 g/mol. The second-order valence-electron chi connectivity index (χ2n) is 16.4. The summed E-state index contributed by atoms with van der Waals surface area (Å²) >= 11 is 0. The summed E-state index contributed by atoms with van der Waals surface area (Å²) in [7, 11) is 0. The van der Waals surface area contributed by atoms with Crippen LogP contribution in [0.25, 0.3) is 22.4 Å². The fourth-order valence-electron chi connectivity index (χ4n) is 4.92. The molecule has 5 nitrogen and oxygen atoms in total. The van der Waals surface area contributed by atoms with Gasteiger partial charge in [-0.2, -0.15) is 0 Å². The number of carbonyl (C=O) groups excluding carboxylic acids is 1. The van der Waals surface area contributed by atoms with Crippen molar-refractivity contribution < 1.29 is 23.5 Å². The van der Waals surface area contributed by atoms with E-state index < -0.39 is 0 Å². The third-order valence-electron chi connectivity index (χ3n) is 8.36. The quantitative estimate of drug-likeness (QED) is 0.133. The van der Waals surface area contributed by atoms with Gasteiger partial charge in [-0.25, -0.2) is 9.37 Å². The maximum Gasteiger partial charge on any atom is 0.290 e. The number of benzene rings is 1. The number of Topliss-reactive ketones (excluding diaryl/α,β-unsaturated/α-hetero) is 1. The smallest absolute Gasteiger partial charge is 0.290 e. The number of rotatable bonds is 9. The minimum absolute atomic E-state index is 0.0502. The maximum absolute atomic E-state index is 14.0. The minimum Gasteiger partial charge on any atom is -0.483 e. The van der Waals surface area contributed by atoms with Crippen molar-refractivity contribution in [3.05, 3.63) is 88.0 Å². The first-order valence-electron chi connectivity index (χ1n) is 20.3. The molecule has 0 atom stereocenters. The molecule has 2 aromatic heterocycles. The molecule has 1 N–H and O–H groups in total. The summed E-state index contributed by atoms with van der Waals surface area (Å²) in [5, 5.41) is 6.89. The number of hydrogen-bond acceptors (Lipinski definition) is 4. The highest BCUT2D eigenvalue weighted by atomic mass is 19.1. The Kier molecular flexibility index (Phi) is 28.9. The van der Waals surface area contributed by atoms with Gasteiger partial charge in [0.05, 0.1) is 5.69 Å². The Morgan fingerprint density at radius 3 is 1.80 bits per heavy atom. The molecule has 0 aliphatic carbocycles. The van der Waals surface area contributed by atoms with E-state index in [1.165, 1.54) is 61.3 Å². The lowest BCUT2D eigenvalue weighted by Crippen LogP contribution is -2.12. The molecule has 0 aliphatic heterocycles. The first-order chi connectivity index (χ1) is 25.4. The van der Waals surface area contributed by atoms with Crippen molar-refractivity contribution in [2.45, 2.75) is 175 Å². The summed E-state index contributed by atoms with van der Waals surface area (Å²) in [4.78, 5) is 25.3. The Labute approximate surface area is 337 Å². The van der Waals surface area contributed by atoms with Gasteiger partial charge in [-0.15, -0.1) is 0 Å². The number of carbonyl (C=O) groups is 2. The highest BCUT2D eigenvalue weighted by molar-refractivity contribution is 5.98. The van der Waals surface area contributed by atoms with Crippen LogP contribution in [0.1, 0.15) is 185 Å². The van der Waals surface area contributed by atoms with Crippen molar-refractivity contribution in [2.24, 2.45) is 11.3 Å². The number of halogens is 1. The van der Waals surface area contributed by atoms with E-state index in [0.29, 0.717) is 39.1 Å². The van der Waals surface area contributed by atoms with Gasteiger partial charge in [-0.3, -0.25) is 9.59 Å². The largest absolute Gasteiger partial charge is 0.483 e. The summed E-state index contributed by atoms with van der Waals surface area (Å²) in [6, 6.07) is 8.73. The molecule has 0 amide bonds. The van der Waals surface area contributed by atoms with Crippen LogP contribution in [-0.4, -0.2) is 22.3 Å². The molecule has 6 heteroatoms. The Morgan fingerprint density at radius 1 is 0.909 bits per heavy atom. The number of ketones is 1. The van der Waals surface area contributed by atoms with Crippen molar-refractivity contribution in [2.75, 3.05) is 0 Å². The Bertz CT molecular complexity index is 1620. The minimum atomic E-state index is -0.260. The highest BCUT2D eigenvalue weighted by Crippen LogP contribution is 2.35. The average Bonchev–Trinajstić information content (AvgIpc) is 3.53. The van der Waals surface area contributed by atoms with Gasteiger partial charge in [0.25, 0.3) is 6.47 Å². The zero-order valence-corrected chi connectivity index (χ0v) is 38.6. The van der Waals surface area contributed by atoms with E-state index in [2.05, 4.69) is 115 Å². The second kappa shape index (κ2) is 28.6. The summed E-state index contributed by atoms with van der Waals surface area (Å²) in [5.41, 5.74) is 9.79. The monoisotopic (exact) mass is 766 g/mol. The molecule has 0 saturated carbocycles. The Balaban J connectivity index is -0.000000776. The standard InChI is InChI=1S/C22H24FNO2.C13H22.C7H16.C4H10.C2H6.CH2O2/c1-12(2)20(25)19-11-18-21(26-19)15(22(4,5)6)10-17(24-18)14-8-7-13(3)16(23)9-14;1-7-8-11(4)9-12(5)13(6)10(2)3;1-5-6-7(2,3)4;1-3-4-2;1-2;2-1-3/h7-12H,1-6H3;9H,2,7-8H2,1,3-6H3;5-6H2,1-4H3;3-4H2,1-2H3;1-2H3;1H,(H,2,3)/b;11-9-,13-12-;;;;. The van der Waals surface area contributed by atoms with Gasteiger partial charge >= 0.3 is 0 Å². The number of aryl methyl sites for hydroxylation is 1.